The molecule has 11 heteroatoms. The fourth-order valence-corrected chi connectivity index (χ4v) is 4.44. The number of benzene rings is 1. The Bertz CT molecular complexity index is 1370. The van der Waals surface area contributed by atoms with Gasteiger partial charge in [-0.1, -0.05) is 49.3 Å². The summed E-state index contributed by atoms with van der Waals surface area (Å²) < 4.78 is 9.91. The number of rotatable bonds is 13. The summed E-state index contributed by atoms with van der Waals surface area (Å²) in [4.78, 5) is 38.1. The van der Waals surface area contributed by atoms with Gasteiger partial charge in [-0.3, -0.25) is 18.8 Å². The van der Waals surface area contributed by atoms with Gasteiger partial charge in [0.1, 0.15) is 5.82 Å². The lowest BCUT2D eigenvalue weighted by molar-refractivity contribution is 0.197. The van der Waals surface area contributed by atoms with Crippen LogP contribution >= 0.6 is 0 Å². The molecule has 1 N–H and O–H groups in total. The lowest BCUT2D eigenvalue weighted by Crippen LogP contribution is -2.41. The Kier molecular flexibility index (Phi) is 8.44. The van der Waals surface area contributed by atoms with Gasteiger partial charge in [-0.15, -0.1) is 0 Å². The van der Waals surface area contributed by atoms with Crippen LogP contribution in [0.1, 0.15) is 37.5 Å². The predicted octanol–water partition coefficient (Wildman–Crippen LogP) is 1.30. The van der Waals surface area contributed by atoms with Gasteiger partial charge in [0.25, 0.3) is 5.56 Å². The highest BCUT2D eigenvalue weighted by Crippen LogP contribution is 2.17. The quantitative estimate of drug-likeness (QED) is 0.294. The van der Waals surface area contributed by atoms with Gasteiger partial charge in [0.05, 0.1) is 6.61 Å². The number of fused-ring (bicyclic) bond motifs is 1. The van der Waals surface area contributed by atoms with Crippen molar-refractivity contribution in [1.82, 2.24) is 33.7 Å². The molecule has 3 heterocycles. The molecule has 0 saturated heterocycles. The molecule has 4 aromatic rings. The van der Waals surface area contributed by atoms with Gasteiger partial charge in [0, 0.05) is 45.6 Å². The molecule has 0 unspecified atom stereocenters. The summed E-state index contributed by atoms with van der Waals surface area (Å²) in [5, 5.41) is 13.1. The van der Waals surface area contributed by atoms with Crippen molar-refractivity contribution in [2.24, 2.45) is 0 Å². The molecule has 0 radical (unpaired) electrons. The van der Waals surface area contributed by atoms with Crippen LogP contribution in [-0.2, 0) is 32.5 Å². The van der Waals surface area contributed by atoms with Crippen molar-refractivity contribution >= 4 is 11.2 Å². The van der Waals surface area contributed by atoms with Crippen LogP contribution in [0.15, 0.2) is 50.8 Å². The molecule has 0 aliphatic carbocycles. The lowest BCUT2D eigenvalue weighted by Gasteiger charge is -2.20. The molecule has 192 valence electrons. The molecular formula is C25H33N7O4. The number of hydrogen-bond acceptors (Lipinski definition) is 8. The van der Waals surface area contributed by atoms with Gasteiger partial charge in [-0.25, -0.2) is 9.78 Å². The van der Waals surface area contributed by atoms with Crippen LogP contribution in [0.2, 0.25) is 0 Å². The summed E-state index contributed by atoms with van der Waals surface area (Å²) in [5.41, 5.74) is 1.13. The Hall–Kier alpha value is -3.57. The Morgan fingerprint density at radius 2 is 1.81 bits per heavy atom. The monoisotopic (exact) mass is 495 g/mol. The van der Waals surface area contributed by atoms with Gasteiger partial charge >= 0.3 is 5.69 Å². The average molecular weight is 496 g/mol. The predicted molar refractivity (Wildman–Crippen MR) is 135 cm³/mol. The van der Waals surface area contributed by atoms with Crippen LogP contribution in [0.5, 0.6) is 0 Å². The van der Waals surface area contributed by atoms with Crippen molar-refractivity contribution in [3.8, 4) is 0 Å². The summed E-state index contributed by atoms with van der Waals surface area (Å²) in [6.45, 7) is 7.08. The van der Waals surface area contributed by atoms with Gasteiger partial charge in [-0.05, 0) is 18.5 Å². The van der Waals surface area contributed by atoms with Crippen molar-refractivity contribution in [2.45, 2.75) is 52.7 Å². The second-order valence-electron chi connectivity index (χ2n) is 8.65. The standard InChI is InChI=1S/C25H33N7O4/c1-3-11-32-24(34)22-23(31(25(32)35)12-10-21-26-18-27-36-21)28-20(17-19-8-6-5-7-9-19)30(22)14-13-29(4-2)15-16-33/h5-9,18,33H,3-4,10-17H2,1-2H3. The Balaban J connectivity index is 1.86. The van der Waals surface area contributed by atoms with Crippen molar-refractivity contribution in [3.63, 3.8) is 0 Å². The maximum Gasteiger partial charge on any atom is 0.332 e. The molecule has 0 spiro atoms. The molecule has 0 aliphatic rings. The average Bonchev–Trinajstić information content (AvgIpc) is 3.53. The first-order valence-electron chi connectivity index (χ1n) is 12.4. The van der Waals surface area contributed by atoms with E-state index >= 15 is 0 Å². The molecule has 0 aliphatic heterocycles. The van der Waals surface area contributed by atoms with Crippen molar-refractivity contribution in [3.05, 3.63) is 74.8 Å². The van der Waals surface area contributed by atoms with E-state index in [-0.39, 0.29) is 24.4 Å². The van der Waals surface area contributed by atoms with Crippen LogP contribution in [0.25, 0.3) is 11.2 Å². The maximum absolute atomic E-state index is 13.6. The van der Waals surface area contributed by atoms with Crippen molar-refractivity contribution < 1.29 is 9.63 Å². The molecule has 0 bridgehead atoms. The number of imidazole rings is 1. The first kappa shape index (κ1) is 25.5. The summed E-state index contributed by atoms with van der Waals surface area (Å²) in [5.74, 6) is 1.13. The number of aliphatic hydroxyl groups excluding tert-OH is 1. The van der Waals surface area contributed by atoms with Crippen molar-refractivity contribution in [2.75, 3.05) is 26.2 Å². The number of aromatic nitrogens is 6. The van der Waals surface area contributed by atoms with E-state index in [2.05, 4.69) is 15.0 Å². The molecule has 0 saturated carbocycles. The third-order valence-corrected chi connectivity index (χ3v) is 6.31. The second-order valence-corrected chi connectivity index (χ2v) is 8.65. The number of aliphatic hydroxyl groups is 1. The van der Waals surface area contributed by atoms with Gasteiger partial charge < -0.3 is 14.2 Å². The van der Waals surface area contributed by atoms with Crippen molar-refractivity contribution in [1.29, 1.82) is 0 Å². The molecule has 36 heavy (non-hydrogen) atoms. The summed E-state index contributed by atoms with van der Waals surface area (Å²) in [6.07, 6.45) is 2.84. The van der Waals surface area contributed by atoms with Crippen LogP contribution in [0.3, 0.4) is 0 Å². The zero-order valence-electron chi connectivity index (χ0n) is 20.8. The van der Waals surface area contributed by atoms with E-state index in [1.54, 1.807) is 4.57 Å². The minimum Gasteiger partial charge on any atom is -0.395 e. The normalized spacial score (nSPS) is 11.7. The Morgan fingerprint density at radius 3 is 2.47 bits per heavy atom. The molecular weight excluding hydrogens is 462 g/mol. The van der Waals surface area contributed by atoms with E-state index in [1.807, 2.05) is 48.7 Å². The largest absolute Gasteiger partial charge is 0.395 e. The number of likely N-dealkylation sites (N-methyl/N-ethyl adjacent to an activating group) is 1. The lowest BCUT2D eigenvalue weighted by atomic mass is 10.1. The summed E-state index contributed by atoms with van der Waals surface area (Å²) in [6, 6.07) is 9.94. The minimum absolute atomic E-state index is 0.0634. The topological polar surface area (TPSA) is 124 Å². The van der Waals surface area contributed by atoms with E-state index in [4.69, 9.17) is 9.51 Å². The fraction of sp³-hybridized carbons (Fsp3) is 0.480. The van der Waals surface area contributed by atoms with Gasteiger partial charge in [0.2, 0.25) is 5.89 Å². The molecule has 3 aromatic heterocycles. The number of nitrogens with zero attached hydrogens (tertiary/aromatic N) is 7. The van der Waals surface area contributed by atoms with Gasteiger partial charge in [0.15, 0.2) is 17.5 Å². The molecule has 0 fully saturated rings. The van der Waals surface area contributed by atoms with Crippen LogP contribution in [0, 0.1) is 0 Å². The van der Waals surface area contributed by atoms with E-state index in [0.29, 0.717) is 68.3 Å². The SMILES string of the molecule is CCCn1c(=O)c2c(nc(Cc3ccccc3)n2CCN(CC)CCO)n(CCc2ncno2)c1=O. The van der Waals surface area contributed by atoms with Crippen LogP contribution in [0.4, 0.5) is 0 Å². The molecule has 4 rings (SSSR count). The molecule has 0 amide bonds. The molecule has 0 atom stereocenters. The first-order valence-corrected chi connectivity index (χ1v) is 12.4. The van der Waals surface area contributed by atoms with E-state index in [9.17, 15) is 14.7 Å². The highest BCUT2D eigenvalue weighted by atomic mass is 16.5. The zero-order chi connectivity index (χ0) is 25.5. The van der Waals surface area contributed by atoms with E-state index < -0.39 is 0 Å². The first-order chi connectivity index (χ1) is 17.6. The molecule has 1 aromatic carbocycles. The number of hydrogen-bond donors (Lipinski definition) is 1. The van der Waals surface area contributed by atoms with E-state index in [0.717, 1.165) is 12.1 Å². The van der Waals surface area contributed by atoms with Crippen LogP contribution in [-0.4, -0.2) is 65.1 Å². The maximum atomic E-state index is 13.6. The second kappa shape index (κ2) is 11.9. The molecule has 11 nitrogen and oxygen atoms in total. The zero-order valence-corrected chi connectivity index (χ0v) is 20.8. The highest BCUT2D eigenvalue weighted by molar-refractivity contribution is 5.71. The third kappa shape index (κ3) is 5.47. The minimum atomic E-state index is -0.389. The summed E-state index contributed by atoms with van der Waals surface area (Å²) in [7, 11) is 0. The van der Waals surface area contributed by atoms with Gasteiger partial charge in [-0.2, -0.15) is 4.98 Å². The Morgan fingerprint density at radius 1 is 1.00 bits per heavy atom. The summed E-state index contributed by atoms with van der Waals surface area (Å²) >= 11 is 0. The highest BCUT2D eigenvalue weighted by Gasteiger charge is 2.22. The van der Waals surface area contributed by atoms with Crippen LogP contribution < -0.4 is 11.2 Å². The third-order valence-electron chi connectivity index (χ3n) is 6.31. The van der Waals surface area contributed by atoms with E-state index in [1.165, 1.54) is 10.9 Å². The fourth-order valence-electron chi connectivity index (χ4n) is 4.44. The Labute approximate surface area is 208 Å². The smallest absolute Gasteiger partial charge is 0.332 e. The number of aryl methyl sites for hydroxylation is 2.